The summed E-state index contributed by atoms with van der Waals surface area (Å²) < 4.78 is 5.74. The summed E-state index contributed by atoms with van der Waals surface area (Å²) >= 11 is 0. The number of aliphatic hydroxyl groups is 8. The van der Waals surface area contributed by atoms with Crippen LogP contribution in [0.15, 0.2) is 72.9 Å². The van der Waals surface area contributed by atoms with Crippen molar-refractivity contribution in [1.82, 2.24) is 0 Å². The van der Waals surface area contributed by atoms with Crippen LogP contribution in [0.2, 0.25) is 0 Å². The van der Waals surface area contributed by atoms with Gasteiger partial charge in [0.2, 0.25) is 0 Å². The second-order valence-corrected chi connectivity index (χ2v) is 13.0. The fourth-order valence-corrected chi connectivity index (χ4v) is 5.44. The van der Waals surface area contributed by atoms with Gasteiger partial charge in [0.05, 0.1) is 48.8 Å². The zero-order valence-electron chi connectivity index (χ0n) is 28.4. The molecule has 1 aliphatic heterocycles. The first-order valence-electron chi connectivity index (χ1n) is 16.9. The number of ether oxygens (including phenoxy) is 1. The average Bonchev–Trinajstić information content (AvgIpc) is 2.99. The van der Waals surface area contributed by atoms with E-state index in [1.54, 1.807) is 67.7 Å². The van der Waals surface area contributed by atoms with E-state index in [-0.39, 0.29) is 50.4 Å². The van der Waals surface area contributed by atoms with E-state index in [1.807, 2.05) is 20.8 Å². The molecule has 10 nitrogen and oxygen atoms in total. The van der Waals surface area contributed by atoms with Crippen LogP contribution >= 0.6 is 0 Å². The van der Waals surface area contributed by atoms with E-state index in [0.717, 1.165) is 6.42 Å². The van der Waals surface area contributed by atoms with E-state index in [4.69, 9.17) is 4.74 Å². The highest BCUT2D eigenvalue weighted by atomic mass is 16.5. The van der Waals surface area contributed by atoms with Crippen LogP contribution < -0.4 is 0 Å². The maximum absolute atomic E-state index is 12.5. The third-order valence-electron chi connectivity index (χ3n) is 8.55. The Morgan fingerprint density at radius 2 is 1.13 bits per heavy atom. The molecule has 0 aromatic heterocycles. The van der Waals surface area contributed by atoms with Gasteiger partial charge in [-0.3, -0.25) is 0 Å². The minimum atomic E-state index is -1.10. The van der Waals surface area contributed by atoms with E-state index in [9.17, 15) is 45.6 Å². The molecule has 0 saturated carbocycles. The molecule has 0 saturated heterocycles. The molecule has 0 bridgehead atoms. The fraction of sp³-hybridized carbons (Fsp3) is 0.649. The van der Waals surface area contributed by atoms with Gasteiger partial charge in [-0.05, 0) is 44.4 Å². The van der Waals surface area contributed by atoms with Crippen molar-refractivity contribution < 1.29 is 50.4 Å². The molecule has 0 fully saturated rings. The Balaban J connectivity index is 3.01. The van der Waals surface area contributed by atoms with Crippen LogP contribution in [0, 0.1) is 17.8 Å². The number of esters is 1. The SMILES string of the molecule is CCC(C)C1OC(=O)/C=C/C=C/C=C/C=C/C=C/CC(O)C(C)C(O)CC(O)CC(O)CC(O)CC(O)CC(O)CC(O)/C=C/C1C. The standard InChI is InChI=1S/C37H60O10/c1-5-25(2)37-26(3)17-18-28(38)19-29(39)20-30(40)21-31(41)22-32(42)23-33(43)24-35(45)27(4)34(44)15-13-11-9-7-6-8-10-12-14-16-36(46)47-37/h6-14,16-18,25-35,37-45H,5,15,19-24H2,1-4H3/b8-6+,9-7+,12-10+,13-11+,16-14+,18-17+. The topological polar surface area (TPSA) is 188 Å². The zero-order chi connectivity index (χ0) is 35.4. The molecule has 0 aliphatic carbocycles. The lowest BCUT2D eigenvalue weighted by atomic mass is 9.90. The van der Waals surface area contributed by atoms with Gasteiger partial charge in [-0.2, -0.15) is 0 Å². The molecule has 8 N–H and O–H groups in total. The quantitative estimate of drug-likeness (QED) is 0.161. The molecule has 47 heavy (non-hydrogen) atoms. The maximum Gasteiger partial charge on any atom is 0.331 e. The fourth-order valence-electron chi connectivity index (χ4n) is 5.44. The first kappa shape index (κ1) is 42.6. The van der Waals surface area contributed by atoms with Crippen molar-refractivity contribution in [1.29, 1.82) is 0 Å². The van der Waals surface area contributed by atoms with Gasteiger partial charge in [0.15, 0.2) is 0 Å². The van der Waals surface area contributed by atoms with Gasteiger partial charge in [-0.15, -0.1) is 0 Å². The van der Waals surface area contributed by atoms with Gasteiger partial charge >= 0.3 is 5.97 Å². The molecule has 0 aromatic rings. The Bertz CT molecular complexity index is 1030. The first-order chi connectivity index (χ1) is 22.2. The van der Waals surface area contributed by atoms with Gasteiger partial charge in [-0.1, -0.05) is 101 Å². The summed E-state index contributed by atoms with van der Waals surface area (Å²) in [7, 11) is 0. The molecule has 1 aliphatic rings. The molecule has 1 heterocycles. The van der Waals surface area contributed by atoms with Crippen LogP contribution in [0.1, 0.15) is 79.1 Å². The molecule has 12 atom stereocenters. The van der Waals surface area contributed by atoms with Crippen molar-refractivity contribution in [2.24, 2.45) is 17.8 Å². The summed E-state index contributed by atoms with van der Waals surface area (Å²) in [4.78, 5) is 12.5. The van der Waals surface area contributed by atoms with Crippen LogP contribution in [0.25, 0.3) is 0 Å². The normalized spacial score (nSPS) is 40.3. The molecular formula is C37H60O10. The molecule has 0 amide bonds. The van der Waals surface area contributed by atoms with Gasteiger partial charge in [0.1, 0.15) is 6.10 Å². The summed E-state index contributed by atoms with van der Waals surface area (Å²) in [5.41, 5.74) is 0. The summed E-state index contributed by atoms with van der Waals surface area (Å²) in [5.74, 6) is -1.19. The maximum atomic E-state index is 12.5. The highest BCUT2D eigenvalue weighted by molar-refractivity contribution is 5.82. The monoisotopic (exact) mass is 664 g/mol. The zero-order valence-corrected chi connectivity index (χ0v) is 28.4. The number of carbonyl (C=O) groups is 1. The molecule has 268 valence electrons. The van der Waals surface area contributed by atoms with Gasteiger partial charge in [0, 0.05) is 24.3 Å². The van der Waals surface area contributed by atoms with Crippen molar-refractivity contribution in [3.8, 4) is 0 Å². The highest BCUT2D eigenvalue weighted by Crippen LogP contribution is 2.23. The summed E-state index contributed by atoms with van der Waals surface area (Å²) in [6.07, 6.45) is 12.2. The number of cyclic esters (lactones) is 1. The van der Waals surface area contributed by atoms with Crippen molar-refractivity contribution in [3.63, 3.8) is 0 Å². The third-order valence-corrected chi connectivity index (χ3v) is 8.55. The van der Waals surface area contributed by atoms with Crippen molar-refractivity contribution >= 4 is 5.97 Å². The number of hydrogen-bond acceptors (Lipinski definition) is 10. The van der Waals surface area contributed by atoms with E-state index in [2.05, 4.69) is 0 Å². The first-order valence-corrected chi connectivity index (χ1v) is 16.9. The van der Waals surface area contributed by atoms with Crippen molar-refractivity contribution in [3.05, 3.63) is 72.9 Å². The van der Waals surface area contributed by atoms with Crippen molar-refractivity contribution in [2.45, 2.75) is 134 Å². The Hall–Kier alpha value is -2.41. The Kier molecular flexibility index (Phi) is 21.6. The van der Waals surface area contributed by atoms with Crippen LogP contribution in [0.5, 0.6) is 0 Å². The Morgan fingerprint density at radius 3 is 1.66 bits per heavy atom. The lowest BCUT2D eigenvalue weighted by Crippen LogP contribution is -2.34. The lowest BCUT2D eigenvalue weighted by molar-refractivity contribution is -0.147. The largest absolute Gasteiger partial charge is 0.458 e. The molecular weight excluding hydrogens is 604 g/mol. The van der Waals surface area contributed by atoms with Crippen LogP contribution in [-0.4, -0.2) is 102 Å². The smallest absolute Gasteiger partial charge is 0.331 e. The van der Waals surface area contributed by atoms with Crippen molar-refractivity contribution in [2.75, 3.05) is 0 Å². The third kappa shape index (κ3) is 19.2. The number of hydrogen-bond donors (Lipinski definition) is 8. The van der Waals surface area contributed by atoms with E-state index in [0.29, 0.717) is 6.42 Å². The van der Waals surface area contributed by atoms with Gasteiger partial charge in [0.25, 0.3) is 0 Å². The van der Waals surface area contributed by atoms with Gasteiger partial charge < -0.3 is 45.6 Å². The van der Waals surface area contributed by atoms with Crippen LogP contribution in [0.4, 0.5) is 0 Å². The minimum Gasteiger partial charge on any atom is -0.458 e. The van der Waals surface area contributed by atoms with Crippen LogP contribution in [-0.2, 0) is 9.53 Å². The number of allylic oxidation sites excluding steroid dienone is 8. The van der Waals surface area contributed by atoms with Crippen LogP contribution in [0.3, 0.4) is 0 Å². The molecule has 10 heteroatoms. The predicted octanol–water partition coefficient (Wildman–Crippen LogP) is 3.19. The summed E-state index contributed by atoms with van der Waals surface area (Å²) in [6, 6.07) is 0. The average molecular weight is 665 g/mol. The highest BCUT2D eigenvalue weighted by Gasteiger charge is 2.27. The number of carbonyl (C=O) groups excluding carboxylic acids is 1. The second-order valence-electron chi connectivity index (χ2n) is 13.0. The molecule has 0 aromatic carbocycles. The summed E-state index contributed by atoms with van der Waals surface area (Å²) in [5, 5.41) is 83.4. The molecule has 12 unspecified atom stereocenters. The molecule has 0 spiro atoms. The predicted molar refractivity (Wildman–Crippen MR) is 183 cm³/mol. The second kappa shape index (κ2) is 23.8. The van der Waals surface area contributed by atoms with Gasteiger partial charge in [-0.25, -0.2) is 4.79 Å². The van der Waals surface area contributed by atoms with E-state index in [1.165, 1.54) is 12.2 Å². The number of rotatable bonds is 2. The Morgan fingerprint density at radius 1 is 0.660 bits per heavy atom. The van der Waals surface area contributed by atoms with E-state index >= 15 is 0 Å². The lowest BCUT2D eigenvalue weighted by Gasteiger charge is -2.27. The number of aliphatic hydroxyl groups excluding tert-OH is 8. The Labute approximate surface area is 280 Å². The summed E-state index contributed by atoms with van der Waals surface area (Å²) in [6.45, 7) is 7.55. The molecule has 1 rings (SSSR count). The molecule has 0 radical (unpaired) electrons. The minimum absolute atomic E-state index is 0.0516. The van der Waals surface area contributed by atoms with E-state index < -0.39 is 66.8 Å².